The molecule has 0 saturated carbocycles. The molecule has 1 amide bonds. The molecule has 142 valence electrons. The maximum Gasteiger partial charge on any atom is 0.248 e. The van der Waals surface area contributed by atoms with Gasteiger partial charge in [0.05, 0.1) is 18.1 Å². The second-order valence-electron chi connectivity index (χ2n) is 6.28. The Kier molecular flexibility index (Phi) is 6.05. The highest BCUT2D eigenvalue weighted by Gasteiger charge is 2.26. The molecule has 3 rings (SSSR count). The highest BCUT2D eigenvalue weighted by Crippen LogP contribution is 2.20. The van der Waals surface area contributed by atoms with Crippen molar-refractivity contribution in [1.29, 1.82) is 0 Å². The quantitative estimate of drug-likeness (QED) is 0.802. The summed E-state index contributed by atoms with van der Waals surface area (Å²) in [5.41, 5.74) is 2.50. The van der Waals surface area contributed by atoms with Crippen molar-refractivity contribution in [1.82, 2.24) is 4.31 Å². The van der Waals surface area contributed by atoms with E-state index in [-0.39, 0.29) is 10.8 Å². The number of ether oxygens (including phenoxy) is 1. The Labute approximate surface area is 159 Å². The van der Waals surface area contributed by atoms with E-state index in [2.05, 4.69) is 5.32 Å². The van der Waals surface area contributed by atoms with Gasteiger partial charge in [-0.3, -0.25) is 4.79 Å². The molecule has 6 nitrogen and oxygen atoms in total. The summed E-state index contributed by atoms with van der Waals surface area (Å²) in [4.78, 5) is 12.3. The summed E-state index contributed by atoms with van der Waals surface area (Å²) in [6.07, 6.45) is 3.14. The molecule has 0 spiro atoms. The van der Waals surface area contributed by atoms with Gasteiger partial charge in [0.2, 0.25) is 15.9 Å². The first-order chi connectivity index (χ1) is 12.9. The maximum atomic E-state index is 12.7. The van der Waals surface area contributed by atoms with Crippen molar-refractivity contribution in [2.75, 3.05) is 31.6 Å². The number of carbonyl (C=O) groups excluding carboxylic acids is 1. The van der Waals surface area contributed by atoms with E-state index in [1.54, 1.807) is 18.2 Å². The van der Waals surface area contributed by atoms with E-state index < -0.39 is 10.0 Å². The fourth-order valence-corrected chi connectivity index (χ4v) is 4.16. The molecule has 0 unspecified atom stereocenters. The molecule has 27 heavy (non-hydrogen) atoms. The normalized spacial score (nSPS) is 15.7. The monoisotopic (exact) mass is 386 g/mol. The van der Waals surface area contributed by atoms with Crippen LogP contribution in [0.1, 0.15) is 11.1 Å². The number of aryl methyl sites for hydroxylation is 1. The fraction of sp³-hybridized carbons (Fsp3) is 0.250. The predicted octanol–water partition coefficient (Wildman–Crippen LogP) is 2.67. The van der Waals surface area contributed by atoms with Crippen LogP contribution in [0.3, 0.4) is 0 Å². The zero-order valence-electron chi connectivity index (χ0n) is 15.1. The molecule has 1 fully saturated rings. The number of morpholine rings is 1. The zero-order chi connectivity index (χ0) is 19.3. The van der Waals surface area contributed by atoms with Crippen molar-refractivity contribution in [3.05, 3.63) is 65.7 Å². The van der Waals surface area contributed by atoms with Crippen molar-refractivity contribution in [2.45, 2.75) is 11.8 Å². The Hall–Kier alpha value is -2.48. The number of carbonyl (C=O) groups is 1. The lowest BCUT2D eigenvalue weighted by molar-refractivity contribution is -0.111. The summed E-state index contributed by atoms with van der Waals surface area (Å²) in [5, 5.41) is 2.71. The molecule has 1 heterocycles. The van der Waals surface area contributed by atoms with Crippen LogP contribution in [-0.4, -0.2) is 44.9 Å². The number of nitrogens with zero attached hydrogens (tertiary/aromatic N) is 1. The summed E-state index contributed by atoms with van der Waals surface area (Å²) >= 11 is 0. The van der Waals surface area contributed by atoms with Crippen LogP contribution >= 0.6 is 0 Å². The molecule has 1 aliphatic rings. The van der Waals surface area contributed by atoms with Gasteiger partial charge < -0.3 is 10.1 Å². The Morgan fingerprint density at radius 1 is 1.11 bits per heavy atom. The van der Waals surface area contributed by atoms with E-state index >= 15 is 0 Å². The van der Waals surface area contributed by atoms with E-state index in [4.69, 9.17) is 4.74 Å². The van der Waals surface area contributed by atoms with Crippen LogP contribution in [-0.2, 0) is 19.6 Å². The molecule has 1 saturated heterocycles. The zero-order valence-corrected chi connectivity index (χ0v) is 15.9. The van der Waals surface area contributed by atoms with Gasteiger partial charge in [-0.15, -0.1) is 0 Å². The molecule has 1 N–H and O–H groups in total. The standard InChI is InChI=1S/C20H22N2O4S/c1-16-5-7-17(8-6-16)9-10-20(23)21-18-3-2-4-19(15-18)27(24,25)22-11-13-26-14-12-22/h2-10,15H,11-14H2,1H3,(H,21,23)/b10-9+. The second kappa shape index (κ2) is 8.47. The molecule has 1 aliphatic heterocycles. The summed E-state index contributed by atoms with van der Waals surface area (Å²) in [5.74, 6) is -0.323. The van der Waals surface area contributed by atoms with Crippen molar-refractivity contribution >= 4 is 27.7 Å². The SMILES string of the molecule is Cc1ccc(/C=C/C(=O)Nc2cccc(S(=O)(=O)N3CCOCC3)c2)cc1. The number of sulfonamides is 1. The van der Waals surface area contributed by atoms with Gasteiger partial charge in [-0.2, -0.15) is 4.31 Å². The number of amides is 1. The van der Waals surface area contributed by atoms with Crippen molar-refractivity contribution < 1.29 is 17.9 Å². The van der Waals surface area contributed by atoms with Crippen molar-refractivity contribution in [2.24, 2.45) is 0 Å². The molecule has 0 radical (unpaired) electrons. The lowest BCUT2D eigenvalue weighted by atomic mass is 10.1. The Balaban J connectivity index is 1.69. The van der Waals surface area contributed by atoms with Crippen LogP contribution < -0.4 is 5.32 Å². The molecular formula is C20H22N2O4S. The van der Waals surface area contributed by atoms with Gasteiger partial charge in [0.1, 0.15) is 0 Å². The minimum atomic E-state index is -3.60. The second-order valence-corrected chi connectivity index (χ2v) is 8.22. The number of hydrogen-bond donors (Lipinski definition) is 1. The molecule has 0 aromatic heterocycles. The minimum absolute atomic E-state index is 0.157. The van der Waals surface area contributed by atoms with E-state index in [0.717, 1.165) is 11.1 Å². The van der Waals surface area contributed by atoms with Crippen LogP contribution in [0.5, 0.6) is 0 Å². The number of anilines is 1. The van der Waals surface area contributed by atoms with Gasteiger partial charge in [0.15, 0.2) is 0 Å². The summed E-state index contributed by atoms with van der Waals surface area (Å²) in [7, 11) is -3.60. The Morgan fingerprint density at radius 2 is 1.81 bits per heavy atom. The van der Waals surface area contributed by atoms with E-state index in [1.807, 2.05) is 31.2 Å². The van der Waals surface area contributed by atoms with Crippen LogP contribution in [0.25, 0.3) is 6.08 Å². The topological polar surface area (TPSA) is 75.7 Å². The van der Waals surface area contributed by atoms with Crippen molar-refractivity contribution in [3.63, 3.8) is 0 Å². The molecule has 7 heteroatoms. The number of nitrogens with one attached hydrogen (secondary N) is 1. The Bertz CT molecular complexity index is 931. The third kappa shape index (κ3) is 5.03. The van der Waals surface area contributed by atoms with Gasteiger partial charge in [-0.1, -0.05) is 35.9 Å². The van der Waals surface area contributed by atoms with E-state index in [0.29, 0.717) is 32.0 Å². The lowest BCUT2D eigenvalue weighted by Crippen LogP contribution is -2.40. The van der Waals surface area contributed by atoms with Gasteiger partial charge >= 0.3 is 0 Å². The number of rotatable bonds is 5. The predicted molar refractivity (Wildman–Crippen MR) is 105 cm³/mol. The van der Waals surface area contributed by atoms with Gasteiger partial charge in [-0.05, 0) is 36.8 Å². The summed E-state index contributed by atoms with van der Waals surface area (Å²) < 4.78 is 32.0. The van der Waals surface area contributed by atoms with Gasteiger partial charge in [0.25, 0.3) is 0 Å². The highest BCUT2D eigenvalue weighted by molar-refractivity contribution is 7.89. The first-order valence-electron chi connectivity index (χ1n) is 8.69. The minimum Gasteiger partial charge on any atom is -0.379 e. The molecular weight excluding hydrogens is 364 g/mol. The van der Waals surface area contributed by atoms with Crippen LogP contribution in [0.2, 0.25) is 0 Å². The van der Waals surface area contributed by atoms with Gasteiger partial charge in [-0.25, -0.2) is 8.42 Å². The number of hydrogen-bond acceptors (Lipinski definition) is 4. The van der Waals surface area contributed by atoms with E-state index in [1.165, 1.54) is 22.5 Å². The van der Waals surface area contributed by atoms with E-state index in [9.17, 15) is 13.2 Å². The number of benzene rings is 2. The van der Waals surface area contributed by atoms with Crippen molar-refractivity contribution in [3.8, 4) is 0 Å². The third-order valence-electron chi connectivity index (χ3n) is 4.21. The highest BCUT2D eigenvalue weighted by atomic mass is 32.2. The largest absolute Gasteiger partial charge is 0.379 e. The Morgan fingerprint density at radius 3 is 2.52 bits per heavy atom. The summed E-state index contributed by atoms with van der Waals surface area (Å²) in [6, 6.07) is 14.1. The molecule has 0 atom stereocenters. The fourth-order valence-electron chi connectivity index (χ4n) is 2.70. The molecule has 0 bridgehead atoms. The van der Waals surface area contributed by atoms with Crippen LogP contribution in [0.4, 0.5) is 5.69 Å². The maximum absolute atomic E-state index is 12.7. The molecule has 2 aromatic carbocycles. The first-order valence-corrected chi connectivity index (χ1v) is 10.1. The molecule has 2 aromatic rings. The van der Waals surface area contributed by atoms with Gasteiger partial charge in [0, 0.05) is 24.9 Å². The first kappa shape index (κ1) is 19.3. The average Bonchev–Trinajstić information content (AvgIpc) is 2.68. The lowest BCUT2D eigenvalue weighted by Gasteiger charge is -2.26. The average molecular weight is 386 g/mol. The van der Waals surface area contributed by atoms with Crippen LogP contribution in [0, 0.1) is 6.92 Å². The summed E-state index contributed by atoms with van der Waals surface area (Å²) in [6.45, 7) is 3.44. The smallest absolute Gasteiger partial charge is 0.248 e. The van der Waals surface area contributed by atoms with Crippen LogP contribution in [0.15, 0.2) is 59.5 Å². The molecule has 0 aliphatic carbocycles. The third-order valence-corrected chi connectivity index (χ3v) is 6.11.